The van der Waals surface area contributed by atoms with E-state index in [0.29, 0.717) is 6.04 Å². The molecule has 0 radical (unpaired) electrons. The lowest BCUT2D eigenvalue weighted by Gasteiger charge is -2.18. The summed E-state index contributed by atoms with van der Waals surface area (Å²) >= 11 is 0. The van der Waals surface area contributed by atoms with E-state index in [1.807, 2.05) is 6.07 Å². The van der Waals surface area contributed by atoms with Crippen LogP contribution in [0.15, 0.2) is 36.5 Å². The van der Waals surface area contributed by atoms with Gasteiger partial charge < -0.3 is 5.32 Å². The van der Waals surface area contributed by atoms with Crippen molar-refractivity contribution < 1.29 is 0 Å². The van der Waals surface area contributed by atoms with Crippen LogP contribution in [-0.2, 0) is 0 Å². The van der Waals surface area contributed by atoms with Crippen LogP contribution in [0.3, 0.4) is 0 Å². The fourth-order valence-electron chi connectivity index (χ4n) is 2.46. The summed E-state index contributed by atoms with van der Waals surface area (Å²) in [6, 6.07) is 11.2. The van der Waals surface area contributed by atoms with Crippen LogP contribution >= 0.6 is 0 Å². The first-order valence-corrected chi connectivity index (χ1v) is 6.73. The molecule has 3 nitrogen and oxygen atoms in total. The summed E-state index contributed by atoms with van der Waals surface area (Å²) in [5.74, 6) is 0.880. The van der Waals surface area contributed by atoms with Gasteiger partial charge in [-0.3, -0.25) is 5.10 Å². The Morgan fingerprint density at radius 3 is 2.94 bits per heavy atom. The third kappa shape index (κ3) is 2.40. The molecule has 1 aromatic carbocycles. The minimum absolute atomic E-state index is 0.627. The van der Waals surface area contributed by atoms with Crippen molar-refractivity contribution in [1.29, 1.82) is 0 Å². The van der Waals surface area contributed by atoms with Crippen LogP contribution in [-0.4, -0.2) is 16.2 Å². The highest BCUT2D eigenvalue weighted by atomic mass is 15.1. The van der Waals surface area contributed by atoms with Crippen molar-refractivity contribution in [2.75, 3.05) is 5.32 Å². The summed E-state index contributed by atoms with van der Waals surface area (Å²) in [6.07, 6.45) is 5.74. The molecule has 1 aromatic heterocycles. The first-order valence-electron chi connectivity index (χ1n) is 6.73. The van der Waals surface area contributed by atoms with Gasteiger partial charge in [-0.2, -0.15) is 5.10 Å². The SMILES string of the molecule is CCC(Nc1cccc(-c2ccn[nH]2)c1)C1CC1. The second kappa shape index (κ2) is 4.84. The fraction of sp³-hybridized carbons (Fsp3) is 0.400. The molecule has 2 N–H and O–H groups in total. The van der Waals surface area contributed by atoms with Gasteiger partial charge in [-0.1, -0.05) is 19.1 Å². The quantitative estimate of drug-likeness (QED) is 0.838. The molecule has 2 aromatic rings. The van der Waals surface area contributed by atoms with Crippen LogP contribution in [0.25, 0.3) is 11.3 Å². The Balaban J connectivity index is 1.78. The standard InChI is InChI=1S/C15H19N3/c1-2-14(11-6-7-11)17-13-5-3-4-12(10-13)15-8-9-16-18-15/h3-5,8-11,14,17H,2,6-7H2,1H3,(H,16,18). The van der Waals surface area contributed by atoms with Crippen molar-refractivity contribution >= 4 is 5.69 Å². The number of anilines is 1. The molecule has 1 aliphatic carbocycles. The molecule has 1 heterocycles. The van der Waals surface area contributed by atoms with E-state index in [-0.39, 0.29) is 0 Å². The molecule has 0 bridgehead atoms. The highest BCUT2D eigenvalue weighted by Crippen LogP contribution is 2.35. The van der Waals surface area contributed by atoms with E-state index < -0.39 is 0 Å². The van der Waals surface area contributed by atoms with Crippen LogP contribution in [0, 0.1) is 5.92 Å². The van der Waals surface area contributed by atoms with Crippen LogP contribution < -0.4 is 5.32 Å². The molecule has 0 spiro atoms. The average molecular weight is 241 g/mol. The predicted octanol–water partition coefficient (Wildman–Crippen LogP) is 3.68. The maximum Gasteiger partial charge on any atom is 0.0650 e. The maximum atomic E-state index is 4.00. The van der Waals surface area contributed by atoms with E-state index in [4.69, 9.17) is 0 Å². The van der Waals surface area contributed by atoms with Gasteiger partial charge in [-0.25, -0.2) is 0 Å². The summed E-state index contributed by atoms with van der Waals surface area (Å²) < 4.78 is 0. The van der Waals surface area contributed by atoms with Crippen molar-refractivity contribution in [3.05, 3.63) is 36.5 Å². The number of benzene rings is 1. The van der Waals surface area contributed by atoms with Crippen molar-refractivity contribution in [3.8, 4) is 11.3 Å². The lowest BCUT2D eigenvalue weighted by Crippen LogP contribution is -2.20. The van der Waals surface area contributed by atoms with Crippen LogP contribution in [0.4, 0.5) is 5.69 Å². The lowest BCUT2D eigenvalue weighted by atomic mass is 10.1. The van der Waals surface area contributed by atoms with Crippen LogP contribution in [0.2, 0.25) is 0 Å². The van der Waals surface area contributed by atoms with E-state index in [2.05, 4.69) is 46.7 Å². The number of H-pyrrole nitrogens is 1. The highest BCUT2D eigenvalue weighted by Gasteiger charge is 2.29. The molecular formula is C15H19N3. The normalized spacial score (nSPS) is 16.5. The van der Waals surface area contributed by atoms with Gasteiger partial charge in [-0.05, 0) is 43.4 Å². The zero-order valence-electron chi connectivity index (χ0n) is 10.7. The van der Waals surface area contributed by atoms with Gasteiger partial charge in [-0.15, -0.1) is 0 Å². The molecule has 1 fully saturated rings. The summed E-state index contributed by atoms with van der Waals surface area (Å²) in [5, 5.41) is 10.7. The summed E-state index contributed by atoms with van der Waals surface area (Å²) in [6.45, 7) is 2.26. The van der Waals surface area contributed by atoms with E-state index in [1.165, 1.54) is 30.5 Å². The molecule has 3 heteroatoms. The Hall–Kier alpha value is -1.77. The third-order valence-corrected chi connectivity index (χ3v) is 3.66. The van der Waals surface area contributed by atoms with E-state index in [9.17, 15) is 0 Å². The molecule has 18 heavy (non-hydrogen) atoms. The largest absolute Gasteiger partial charge is 0.382 e. The van der Waals surface area contributed by atoms with Gasteiger partial charge >= 0.3 is 0 Å². The topological polar surface area (TPSA) is 40.7 Å². The maximum absolute atomic E-state index is 4.00. The zero-order valence-corrected chi connectivity index (χ0v) is 10.7. The highest BCUT2D eigenvalue weighted by molar-refractivity contribution is 5.64. The van der Waals surface area contributed by atoms with Crippen LogP contribution in [0.1, 0.15) is 26.2 Å². The van der Waals surface area contributed by atoms with E-state index >= 15 is 0 Å². The number of hydrogen-bond acceptors (Lipinski definition) is 2. The molecule has 0 amide bonds. The van der Waals surface area contributed by atoms with Gasteiger partial charge in [0.15, 0.2) is 0 Å². The second-order valence-electron chi connectivity index (χ2n) is 5.05. The molecule has 3 rings (SSSR count). The van der Waals surface area contributed by atoms with E-state index in [0.717, 1.165) is 11.6 Å². The number of aromatic amines is 1. The Labute approximate surface area is 108 Å². The Bertz CT molecular complexity index is 500. The summed E-state index contributed by atoms with van der Waals surface area (Å²) in [5.41, 5.74) is 3.46. The van der Waals surface area contributed by atoms with Gasteiger partial charge in [0.05, 0.1) is 5.69 Å². The fourth-order valence-corrected chi connectivity index (χ4v) is 2.46. The lowest BCUT2D eigenvalue weighted by molar-refractivity contribution is 0.616. The average Bonchev–Trinajstić information content (AvgIpc) is 3.10. The third-order valence-electron chi connectivity index (χ3n) is 3.66. The molecule has 1 saturated carbocycles. The molecule has 0 saturated heterocycles. The Morgan fingerprint density at radius 2 is 2.28 bits per heavy atom. The van der Waals surface area contributed by atoms with Gasteiger partial charge in [0, 0.05) is 23.5 Å². The molecule has 94 valence electrons. The molecular weight excluding hydrogens is 222 g/mol. The number of nitrogens with zero attached hydrogens (tertiary/aromatic N) is 1. The number of hydrogen-bond donors (Lipinski definition) is 2. The van der Waals surface area contributed by atoms with Crippen molar-refractivity contribution in [2.24, 2.45) is 5.92 Å². The van der Waals surface area contributed by atoms with E-state index in [1.54, 1.807) is 6.20 Å². The van der Waals surface area contributed by atoms with Crippen molar-refractivity contribution in [1.82, 2.24) is 10.2 Å². The molecule has 1 atom stereocenters. The first kappa shape index (κ1) is 11.3. The molecule has 1 aliphatic rings. The smallest absolute Gasteiger partial charge is 0.0650 e. The minimum Gasteiger partial charge on any atom is -0.382 e. The number of nitrogens with one attached hydrogen (secondary N) is 2. The number of aromatic nitrogens is 2. The summed E-state index contributed by atoms with van der Waals surface area (Å²) in [7, 11) is 0. The van der Waals surface area contributed by atoms with Crippen molar-refractivity contribution in [3.63, 3.8) is 0 Å². The Kier molecular flexibility index (Phi) is 3.05. The van der Waals surface area contributed by atoms with Crippen molar-refractivity contribution in [2.45, 2.75) is 32.2 Å². The predicted molar refractivity (Wildman–Crippen MR) is 74.4 cm³/mol. The Morgan fingerprint density at radius 1 is 1.39 bits per heavy atom. The van der Waals surface area contributed by atoms with Gasteiger partial charge in [0.1, 0.15) is 0 Å². The van der Waals surface area contributed by atoms with Gasteiger partial charge in [0.2, 0.25) is 0 Å². The van der Waals surface area contributed by atoms with Crippen LogP contribution in [0.5, 0.6) is 0 Å². The molecule has 0 aliphatic heterocycles. The second-order valence-corrected chi connectivity index (χ2v) is 5.05. The monoisotopic (exact) mass is 241 g/mol. The van der Waals surface area contributed by atoms with Gasteiger partial charge in [0.25, 0.3) is 0 Å². The minimum atomic E-state index is 0.627. The zero-order chi connectivity index (χ0) is 12.4. The first-order chi connectivity index (χ1) is 8.86. The number of rotatable bonds is 5. The molecule has 1 unspecified atom stereocenters. The summed E-state index contributed by atoms with van der Waals surface area (Å²) in [4.78, 5) is 0.